The molecule has 7 heteroatoms. The third-order valence-corrected chi connectivity index (χ3v) is 5.92. The van der Waals surface area contributed by atoms with Gasteiger partial charge in [-0.25, -0.2) is 9.97 Å². The zero-order valence-corrected chi connectivity index (χ0v) is 17.4. The number of hydrogen-bond acceptors (Lipinski definition) is 7. The highest BCUT2D eigenvalue weighted by Gasteiger charge is 2.41. The average Bonchev–Trinajstić information content (AvgIpc) is 2.72. The number of rotatable bonds is 4. The van der Waals surface area contributed by atoms with Crippen molar-refractivity contribution < 1.29 is 9.57 Å². The van der Waals surface area contributed by atoms with E-state index in [0.29, 0.717) is 5.82 Å². The Bertz CT molecular complexity index is 1020. The summed E-state index contributed by atoms with van der Waals surface area (Å²) < 4.78 is 6.28. The Morgan fingerprint density at radius 2 is 1.97 bits per heavy atom. The Morgan fingerprint density at radius 1 is 1.20 bits per heavy atom. The van der Waals surface area contributed by atoms with E-state index < -0.39 is 5.41 Å². The van der Waals surface area contributed by atoms with Gasteiger partial charge in [0.1, 0.15) is 17.9 Å². The van der Waals surface area contributed by atoms with E-state index in [0.717, 1.165) is 59.5 Å². The maximum atomic E-state index is 6.28. The lowest BCUT2D eigenvalue weighted by molar-refractivity contribution is 0.147. The predicted molar refractivity (Wildman–Crippen MR) is 117 cm³/mol. The second kappa shape index (κ2) is 7.96. The van der Waals surface area contributed by atoms with E-state index in [-0.39, 0.29) is 18.8 Å². The van der Waals surface area contributed by atoms with Crippen LogP contribution >= 0.6 is 0 Å². The zero-order valence-electron chi connectivity index (χ0n) is 17.4. The third kappa shape index (κ3) is 3.59. The fourth-order valence-electron chi connectivity index (χ4n) is 4.37. The SMILES string of the molecule is C#CCO/N=C1\c2cc(O[C@H]3CC[C@H](N)CC3)ccc2-c2ncnc(N)c2C1(C)C. The van der Waals surface area contributed by atoms with Gasteiger partial charge < -0.3 is 21.0 Å². The monoisotopic (exact) mass is 405 g/mol. The Morgan fingerprint density at radius 3 is 2.70 bits per heavy atom. The Balaban J connectivity index is 1.78. The first-order valence-corrected chi connectivity index (χ1v) is 10.2. The lowest BCUT2D eigenvalue weighted by Crippen LogP contribution is -2.36. The molecule has 1 aromatic heterocycles. The van der Waals surface area contributed by atoms with Crippen LogP contribution in [0.2, 0.25) is 0 Å². The molecule has 2 aromatic rings. The minimum Gasteiger partial charge on any atom is -0.490 e. The number of benzene rings is 1. The van der Waals surface area contributed by atoms with Gasteiger partial charge in [0.2, 0.25) is 0 Å². The summed E-state index contributed by atoms with van der Waals surface area (Å²) >= 11 is 0. The van der Waals surface area contributed by atoms with Gasteiger partial charge in [0.05, 0.1) is 17.5 Å². The summed E-state index contributed by atoms with van der Waals surface area (Å²) in [6, 6.07) is 6.25. The lowest BCUT2D eigenvalue weighted by Gasteiger charge is -2.35. The molecule has 4 N–H and O–H groups in total. The van der Waals surface area contributed by atoms with E-state index >= 15 is 0 Å². The van der Waals surface area contributed by atoms with Crippen LogP contribution in [0.25, 0.3) is 11.3 Å². The summed E-state index contributed by atoms with van der Waals surface area (Å²) in [5, 5.41) is 4.40. The van der Waals surface area contributed by atoms with Gasteiger partial charge in [0.25, 0.3) is 0 Å². The molecule has 0 bridgehead atoms. The van der Waals surface area contributed by atoms with Crippen molar-refractivity contribution in [2.24, 2.45) is 10.9 Å². The highest BCUT2D eigenvalue weighted by Crippen LogP contribution is 2.45. The van der Waals surface area contributed by atoms with Gasteiger partial charge >= 0.3 is 0 Å². The first-order valence-electron chi connectivity index (χ1n) is 10.2. The Hall–Kier alpha value is -3.11. The van der Waals surface area contributed by atoms with Gasteiger partial charge in [-0.05, 0) is 57.7 Å². The molecule has 0 unspecified atom stereocenters. The second-order valence-electron chi connectivity index (χ2n) is 8.39. The number of hydrogen-bond donors (Lipinski definition) is 2. The van der Waals surface area contributed by atoms with Gasteiger partial charge in [-0.3, -0.25) is 0 Å². The molecular weight excluding hydrogens is 378 g/mol. The number of nitrogens with zero attached hydrogens (tertiary/aromatic N) is 3. The normalized spacial score (nSPS) is 23.2. The summed E-state index contributed by atoms with van der Waals surface area (Å²) in [5.41, 5.74) is 15.9. The number of terminal acetylenes is 1. The topological polar surface area (TPSA) is 109 Å². The van der Waals surface area contributed by atoms with E-state index in [2.05, 4.69) is 21.0 Å². The molecule has 7 nitrogen and oxygen atoms in total. The van der Waals surface area contributed by atoms with Crippen molar-refractivity contribution >= 4 is 11.5 Å². The van der Waals surface area contributed by atoms with E-state index in [1.54, 1.807) is 0 Å². The van der Waals surface area contributed by atoms with E-state index in [1.165, 1.54) is 6.33 Å². The van der Waals surface area contributed by atoms with Crippen LogP contribution in [0.1, 0.15) is 50.7 Å². The molecule has 2 aliphatic rings. The summed E-state index contributed by atoms with van der Waals surface area (Å²) in [6.45, 7) is 4.15. The lowest BCUT2D eigenvalue weighted by atomic mass is 9.70. The average molecular weight is 406 g/mol. The molecule has 0 amide bonds. The number of ether oxygens (including phenoxy) is 1. The van der Waals surface area contributed by atoms with Crippen molar-refractivity contribution in [2.45, 2.75) is 57.1 Å². The van der Waals surface area contributed by atoms with Gasteiger partial charge in [-0.1, -0.05) is 11.1 Å². The van der Waals surface area contributed by atoms with Crippen molar-refractivity contribution in [2.75, 3.05) is 12.3 Å². The number of anilines is 1. The summed E-state index contributed by atoms with van der Waals surface area (Å²) in [6.07, 6.45) is 10.9. The van der Waals surface area contributed by atoms with Crippen molar-refractivity contribution in [3.63, 3.8) is 0 Å². The van der Waals surface area contributed by atoms with Crippen molar-refractivity contribution in [1.82, 2.24) is 9.97 Å². The van der Waals surface area contributed by atoms with E-state index in [4.69, 9.17) is 27.5 Å². The molecule has 0 aliphatic heterocycles. The molecule has 0 radical (unpaired) electrons. The van der Waals surface area contributed by atoms with Crippen LogP contribution in [0.4, 0.5) is 5.82 Å². The maximum absolute atomic E-state index is 6.28. The molecule has 1 aromatic carbocycles. The molecule has 0 atom stereocenters. The van der Waals surface area contributed by atoms with Crippen molar-refractivity contribution in [3.05, 3.63) is 35.7 Å². The zero-order chi connectivity index (χ0) is 21.3. The van der Waals surface area contributed by atoms with Crippen LogP contribution in [0.3, 0.4) is 0 Å². The standard InChI is InChI=1S/C23H27N5O2/c1-4-11-29-28-21-18-12-16(30-15-7-5-14(24)6-8-15)9-10-17(18)20-19(23(21,2)3)22(25)27-13-26-20/h1,9-10,12-15H,5-8,11,24H2,2-3H3,(H2,25,26,27)/b28-21+/t14-,15-. The van der Waals surface area contributed by atoms with Crippen molar-refractivity contribution in [3.8, 4) is 29.4 Å². The van der Waals surface area contributed by atoms with Gasteiger partial charge in [0.15, 0.2) is 6.61 Å². The quantitative estimate of drug-likeness (QED) is 0.460. The minimum atomic E-state index is -0.571. The van der Waals surface area contributed by atoms with E-state index in [9.17, 15) is 0 Å². The molecule has 0 spiro atoms. The fourth-order valence-corrected chi connectivity index (χ4v) is 4.37. The smallest absolute Gasteiger partial charge is 0.177 e. The first-order chi connectivity index (χ1) is 14.4. The van der Waals surface area contributed by atoms with Crippen LogP contribution in [0.15, 0.2) is 29.7 Å². The largest absolute Gasteiger partial charge is 0.490 e. The molecule has 2 aliphatic carbocycles. The molecule has 30 heavy (non-hydrogen) atoms. The Labute approximate surface area is 176 Å². The second-order valence-corrected chi connectivity index (χ2v) is 8.39. The number of aromatic nitrogens is 2. The van der Waals surface area contributed by atoms with Gasteiger partial charge in [0, 0.05) is 28.1 Å². The van der Waals surface area contributed by atoms with Crippen LogP contribution < -0.4 is 16.2 Å². The van der Waals surface area contributed by atoms with E-state index in [1.807, 2.05) is 32.0 Å². The summed E-state index contributed by atoms with van der Waals surface area (Å²) in [5.74, 6) is 3.67. The number of fused-ring (bicyclic) bond motifs is 3. The van der Waals surface area contributed by atoms with Crippen molar-refractivity contribution in [1.29, 1.82) is 0 Å². The van der Waals surface area contributed by atoms with Crippen LogP contribution in [-0.4, -0.2) is 34.4 Å². The molecule has 1 heterocycles. The summed E-state index contributed by atoms with van der Waals surface area (Å²) in [7, 11) is 0. The molecule has 156 valence electrons. The van der Waals surface area contributed by atoms with Gasteiger partial charge in [-0.2, -0.15) is 0 Å². The molecule has 0 saturated heterocycles. The predicted octanol–water partition coefficient (Wildman–Crippen LogP) is 3.02. The Kier molecular flexibility index (Phi) is 5.35. The number of nitrogens with two attached hydrogens (primary N) is 2. The van der Waals surface area contributed by atoms with Crippen LogP contribution in [0.5, 0.6) is 5.75 Å². The number of nitrogen functional groups attached to an aromatic ring is 1. The molecule has 1 saturated carbocycles. The summed E-state index contributed by atoms with van der Waals surface area (Å²) in [4.78, 5) is 14.1. The molecular formula is C23H27N5O2. The van der Waals surface area contributed by atoms with Gasteiger partial charge in [-0.15, -0.1) is 6.42 Å². The maximum Gasteiger partial charge on any atom is 0.177 e. The molecule has 1 fully saturated rings. The van der Waals surface area contributed by atoms with Crippen LogP contribution in [0, 0.1) is 12.3 Å². The molecule has 4 rings (SSSR count). The highest BCUT2D eigenvalue weighted by molar-refractivity contribution is 6.15. The highest BCUT2D eigenvalue weighted by atomic mass is 16.6. The number of oxime groups is 1. The van der Waals surface area contributed by atoms with Crippen LogP contribution in [-0.2, 0) is 10.3 Å². The fraction of sp³-hybridized carbons (Fsp3) is 0.435. The first kappa shape index (κ1) is 20.2. The minimum absolute atomic E-state index is 0.0844. The third-order valence-electron chi connectivity index (χ3n) is 5.92.